The van der Waals surface area contributed by atoms with Crippen molar-refractivity contribution >= 4 is 16.7 Å². The van der Waals surface area contributed by atoms with E-state index in [1.165, 1.54) is 25.7 Å². The van der Waals surface area contributed by atoms with Crippen LogP contribution in [0.2, 0.25) is 0 Å². The van der Waals surface area contributed by atoms with Gasteiger partial charge in [0.2, 0.25) is 0 Å². The maximum Gasteiger partial charge on any atom is 0.339 e. The lowest BCUT2D eigenvalue weighted by Crippen LogP contribution is -2.47. The highest BCUT2D eigenvalue weighted by Gasteiger charge is 2.47. The van der Waals surface area contributed by atoms with E-state index in [0.717, 1.165) is 29.7 Å². The number of esters is 1. The Bertz CT molecular complexity index is 763. The van der Waals surface area contributed by atoms with E-state index < -0.39 is 0 Å². The molecule has 0 saturated carbocycles. The van der Waals surface area contributed by atoms with Crippen LogP contribution in [0.4, 0.5) is 0 Å². The molecule has 3 nitrogen and oxygen atoms in total. The fraction of sp³-hybridized carbons (Fsp3) is 0.476. The molecule has 2 unspecified atom stereocenters. The molecule has 0 spiro atoms. The van der Waals surface area contributed by atoms with Crippen LogP contribution in [0.3, 0.4) is 0 Å². The Labute approximate surface area is 142 Å². The highest BCUT2D eigenvalue weighted by molar-refractivity contribution is 6.04. The van der Waals surface area contributed by atoms with Gasteiger partial charge in [0.1, 0.15) is 6.10 Å². The summed E-state index contributed by atoms with van der Waals surface area (Å²) in [4.78, 5) is 15.5. The summed E-state index contributed by atoms with van der Waals surface area (Å²) >= 11 is 0. The van der Waals surface area contributed by atoms with Crippen molar-refractivity contribution in [3.05, 3.63) is 48.0 Å². The van der Waals surface area contributed by atoms with Gasteiger partial charge in [-0.3, -0.25) is 4.90 Å². The third-order valence-electron chi connectivity index (χ3n) is 6.28. The van der Waals surface area contributed by atoms with E-state index in [-0.39, 0.29) is 12.1 Å². The smallest absolute Gasteiger partial charge is 0.339 e. The summed E-state index contributed by atoms with van der Waals surface area (Å²) in [6, 6.07) is 16.0. The number of hydrogen-bond donors (Lipinski definition) is 0. The standard InChI is InChI=1S/C21H23NO2/c23-21(20-7-3-5-14-4-1-2-6-19(14)20)24-18-12-16-10-8-15-9-11-17(13-18)22(15)16/h1-7,15-18H,8-13H2/t15?,16-,17+,18?. The van der Waals surface area contributed by atoms with Gasteiger partial charge in [-0.2, -0.15) is 0 Å². The largest absolute Gasteiger partial charge is 0.459 e. The molecule has 3 heteroatoms. The predicted octanol–water partition coefficient (Wildman–Crippen LogP) is 4.15. The van der Waals surface area contributed by atoms with Crippen molar-refractivity contribution in [2.75, 3.05) is 0 Å². The van der Waals surface area contributed by atoms with Crippen LogP contribution in [-0.4, -0.2) is 35.1 Å². The van der Waals surface area contributed by atoms with Gasteiger partial charge < -0.3 is 4.74 Å². The van der Waals surface area contributed by atoms with Gasteiger partial charge in [-0.25, -0.2) is 4.79 Å². The third kappa shape index (κ3) is 2.26. The van der Waals surface area contributed by atoms with E-state index in [4.69, 9.17) is 4.74 Å². The molecule has 0 aromatic heterocycles. The zero-order chi connectivity index (χ0) is 16.1. The molecule has 0 N–H and O–H groups in total. The van der Waals surface area contributed by atoms with Gasteiger partial charge in [-0.1, -0.05) is 36.4 Å². The van der Waals surface area contributed by atoms with Gasteiger partial charge in [-0.05, 0) is 42.5 Å². The number of carbonyl (C=O) groups excluding carboxylic acids is 1. The molecule has 3 saturated heterocycles. The van der Waals surface area contributed by atoms with Crippen molar-refractivity contribution in [3.8, 4) is 0 Å². The molecule has 0 aliphatic carbocycles. The first kappa shape index (κ1) is 14.5. The van der Waals surface area contributed by atoms with Gasteiger partial charge in [0.05, 0.1) is 5.56 Å². The van der Waals surface area contributed by atoms with Gasteiger partial charge in [0.15, 0.2) is 0 Å². The van der Waals surface area contributed by atoms with E-state index in [0.29, 0.717) is 17.6 Å². The number of benzene rings is 2. The molecule has 3 heterocycles. The monoisotopic (exact) mass is 321 g/mol. The van der Waals surface area contributed by atoms with E-state index in [1.54, 1.807) is 0 Å². The summed E-state index contributed by atoms with van der Waals surface area (Å²) in [7, 11) is 0. The third-order valence-corrected chi connectivity index (χ3v) is 6.28. The second-order valence-corrected chi connectivity index (χ2v) is 7.59. The minimum absolute atomic E-state index is 0.0829. The Morgan fingerprint density at radius 3 is 2.33 bits per heavy atom. The van der Waals surface area contributed by atoms with Crippen molar-refractivity contribution < 1.29 is 9.53 Å². The Kier molecular flexibility index (Phi) is 3.37. The van der Waals surface area contributed by atoms with Crippen LogP contribution in [0, 0.1) is 0 Å². The average Bonchev–Trinajstić information content (AvgIpc) is 3.21. The molecule has 4 atom stereocenters. The van der Waals surface area contributed by atoms with Crippen molar-refractivity contribution in [1.29, 1.82) is 0 Å². The number of nitrogens with zero attached hydrogens (tertiary/aromatic N) is 1. The molecular weight excluding hydrogens is 298 g/mol. The summed E-state index contributed by atoms with van der Waals surface area (Å²) in [5, 5.41) is 2.08. The maximum atomic E-state index is 12.8. The number of fused-ring (bicyclic) bond motifs is 1. The van der Waals surface area contributed by atoms with E-state index >= 15 is 0 Å². The summed E-state index contributed by atoms with van der Waals surface area (Å²) in [5.41, 5.74) is 0.700. The van der Waals surface area contributed by atoms with Gasteiger partial charge in [-0.15, -0.1) is 0 Å². The molecule has 124 valence electrons. The number of hydrogen-bond acceptors (Lipinski definition) is 3. The van der Waals surface area contributed by atoms with Crippen molar-refractivity contribution in [1.82, 2.24) is 4.90 Å². The lowest BCUT2D eigenvalue weighted by Gasteiger charge is -2.39. The first-order chi connectivity index (χ1) is 11.8. The second kappa shape index (κ2) is 5.59. The molecule has 3 fully saturated rings. The molecule has 3 aliphatic rings. The number of rotatable bonds is 2. The zero-order valence-corrected chi connectivity index (χ0v) is 13.9. The van der Waals surface area contributed by atoms with Gasteiger partial charge in [0.25, 0.3) is 0 Å². The first-order valence-electron chi connectivity index (χ1n) is 9.26. The Morgan fingerprint density at radius 2 is 1.54 bits per heavy atom. The molecule has 5 rings (SSSR count). The van der Waals surface area contributed by atoms with Crippen molar-refractivity contribution in [2.45, 2.75) is 62.8 Å². The minimum Gasteiger partial charge on any atom is -0.459 e. The SMILES string of the molecule is O=C(OC1C[C@H]2CCC3CC[C@@H](C1)N32)c1cccc2ccccc12. The molecule has 2 aromatic rings. The lowest BCUT2D eigenvalue weighted by molar-refractivity contribution is -0.0105. The Hall–Kier alpha value is -1.87. The minimum atomic E-state index is -0.155. The fourth-order valence-corrected chi connectivity index (χ4v) is 5.30. The zero-order valence-electron chi connectivity index (χ0n) is 13.9. The van der Waals surface area contributed by atoms with Crippen LogP contribution in [-0.2, 0) is 4.74 Å². The Morgan fingerprint density at radius 1 is 0.875 bits per heavy atom. The van der Waals surface area contributed by atoms with Crippen LogP contribution in [0.5, 0.6) is 0 Å². The lowest BCUT2D eigenvalue weighted by atomic mass is 9.92. The second-order valence-electron chi connectivity index (χ2n) is 7.59. The van der Waals surface area contributed by atoms with Gasteiger partial charge >= 0.3 is 5.97 Å². The molecular formula is C21H23NO2. The number of ether oxygens (including phenoxy) is 1. The van der Waals surface area contributed by atoms with Crippen molar-refractivity contribution in [2.24, 2.45) is 0 Å². The van der Waals surface area contributed by atoms with E-state index in [9.17, 15) is 4.79 Å². The molecule has 24 heavy (non-hydrogen) atoms. The number of piperidine rings is 1. The highest BCUT2D eigenvalue weighted by atomic mass is 16.5. The van der Waals surface area contributed by atoms with Crippen LogP contribution in [0.25, 0.3) is 10.8 Å². The summed E-state index contributed by atoms with van der Waals surface area (Å²) < 4.78 is 5.98. The van der Waals surface area contributed by atoms with Crippen LogP contribution >= 0.6 is 0 Å². The maximum absolute atomic E-state index is 12.8. The van der Waals surface area contributed by atoms with E-state index in [1.807, 2.05) is 42.5 Å². The quantitative estimate of drug-likeness (QED) is 0.778. The molecule has 0 bridgehead atoms. The van der Waals surface area contributed by atoms with E-state index in [2.05, 4.69) is 4.90 Å². The van der Waals surface area contributed by atoms with Crippen LogP contribution < -0.4 is 0 Å². The van der Waals surface area contributed by atoms with Gasteiger partial charge in [0, 0.05) is 31.0 Å². The fourth-order valence-electron chi connectivity index (χ4n) is 5.30. The predicted molar refractivity (Wildman–Crippen MR) is 94.1 cm³/mol. The van der Waals surface area contributed by atoms with Crippen molar-refractivity contribution in [3.63, 3.8) is 0 Å². The summed E-state index contributed by atoms with van der Waals surface area (Å²) in [6.45, 7) is 0. The summed E-state index contributed by atoms with van der Waals surface area (Å²) in [6.07, 6.45) is 7.36. The Balaban J connectivity index is 1.37. The topological polar surface area (TPSA) is 29.5 Å². The number of carbonyl (C=O) groups is 1. The van der Waals surface area contributed by atoms with Crippen LogP contribution in [0.15, 0.2) is 42.5 Å². The molecule has 0 amide bonds. The highest BCUT2D eigenvalue weighted by Crippen LogP contribution is 2.44. The average molecular weight is 321 g/mol. The van der Waals surface area contributed by atoms with Crippen LogP contribution in [0.1, 0.15) is 48.9 Å². The molecule has 0 radical (unpaired) electrons. The first-order valence-corrected chi connectivity index (χ1v) is 9.26. The normalized spacial score (nSPS) is 32.0. The summed E-state index contributed by atoms with van der Waals surface area (Å²) in [5.74, 6) is -0.155. The molecule has 3 aliphatic heterocycles. The molecule has 2 aromatic carbocycles.